The summed E-state index contributed by atoms with van der Waals surface area (Å²) < 4.78 is 47.8. The van der Waals surface area contributed by atoms with Crippen molar-refractivity contribution in [3.63, 3.8) is 0 Å². The van der Waals surface area contributed by atoms with E-state index in [-0.39, 0.29) is 14.8 Å². The summed E-state index contributed by atoms with van der Waals surface area (Å²) in [6, 6.07) is 3.33. The molecule has 0 aliphatic carbocycles. The molecule has 2 rings (SSSR count). The Kier molecular flexibility index (Phi) is 4.60. The topological polar surface area (TPSA) is 64.6 Å². The Morgan fingerprint density at radius 3 is 2.22 bits per heavy atom. The molecule has 0 unspecified atom stereocenters. The van der Waals surface area contributed by atoms with Crippen LogP contribution in [0.3, 0.4) is 0 Å². The highest BCUT2D eigenvalue weighted by Gasteiger charge is 2.39. The monoisotopic (exact) mass is 441 g/mol. The molecule has 0 saturated carbocycles. The smallest absolute Gasteiger partial charge is 0.417 e. The molecule has 5 nitrogen and oxygen atoms in total. The molecule has 23 heavy (non-hydrogen) atoms. The first-order chi connectivity index (χ1) is 10.5. The van der Waals surface area contributed by atoms with Crippen LogP contribution in [0, 0.1) is 3.57 Å². The number of hydrogen-bond acceptors (Lipinski definition) is 5. The number of nitrogens with one attached hydrogen (secondary N) is 1. The molecular weight excluding hydrogens is 430 g/mol. The maximum Gasteiger partial charge on any atom is 0.417 e. The van der Waals surface area contributed by atoms with Gasteiger partial charge in [-0.1, -0.05) is 0 Å². The van der Waals surface area contributed by atoms with Crippen molar-refractivity contribution in [3.8, 4) is 0 Å². The van der Waals surface area contributed by atoms with Gasteiger partial charge in [0.2, 0.25) is 0 Å². The van der Waals surface area contributed by atoms with Crippen molar-refractivity contribution in [2.24, 2.45) is 0 Å². The molecule has 0 amide bonds. The summed E-state index contributed by atoms with van der Waals surface area (Å²) in [5, 5.41) is 2.59. The van der Waals surface area contributed by atoms with Crippen LogP contribution in [0.15, 0.2) is 30.0 Å². The standard InChI is InChI=1S/C14H11F3INO4/c1-13(2)22-11(20)8(12(21)23-13)6-19-7-3-4-9(10(18)5-7)14(15,16)17/h3-6,19H,1-2H3. The van der Waals surface area contributed by atoms with Gasteiger partial charge in [-0.3, -0.25) is 0 Å². The predicted molar refractivity (Wildman–Crippen MR) is 82.1 cm³/mol. The van der Waals surface area contributed by atoms with Crippen LogP contribution in [-0.4, -0.2) is 17.7 Å². The van der Waals surface area contributed by atoms with Gasteiger partial charge >= 0.3 is 18.1 Å². The lowest BCUT2D eigenvalue weighted by Gasteiger charge is -2.29. The summed E-state index contributed by atoms with van der Waals surface area (Å²) in [7, 11) is 0. The molecule has 1 fully saturated rings. The molecule has 9 heteroatoms. The fraction of sp³-hybridized carbons (Fsp3) is 0.286. The van der Waals surface area contributed by atoms with Crippen molar-refractivity contribution in [1.82, 2.24) is 0 Å². The van der Waals surface area contributed by atoms with Crippen molar-refractivity contribution in [2.45, 2.75) is 25.8 Å². The molecule has 0 radical (unpaired) electrons. The number of carbonyl (C=O) groups is 2. The van der Waals surface area contributed by atoms with Crippen LogP contribution in [0.4, 0.5) is 18.9 Å². The predicted octanol–water partition coefficient (Wildman–Crippen LogP) is 3.44. The number of cyclic esters (lactones) is 2. The summed E-state index contributed by atoms with van der Waals surface area (Å²) in [5.74, 6) is -3.10. The van der Waals surface area contributed by atoms with E-state index in [4.69, 9.17) is 9.47 Å². The first kappa shape index (κ1) is 17.6. The molecular formula is C14H11F3INO4. The Hall–Kier alpha value is -1.78. The van der Waals surface area contributed by atoms with Crippen molar-refractivity contribution < 1.29 is 32.2 Å². The maximum absolute atomic E-state index is 12.7. The highest BCUT2D eigenvalue weighted by molar-refractivity contribution is 14.1. The van der Waals surface area contributed by atoms with Gasteiger partial charge in [0, 0.05) is 29.3 Å². The number of ether oxygens (including phenoxy) is 2. The summed E-state index contributed by atoms with van der Waals surface area (Å²) in [6.45, 7) is 2.82. The lowest BCUT2D eigenvalue weighted by Crippen LogP contribution is -2.42. The van der Waals surface area contributed by atoms with Gasteiger partial charge in [0.25, 0.3) is 5.79 Å². The van der Waals surface area contributed by atoms with Gasteiger partial charge < -0.3 is 14.8 Å². The number of esters is 2. The van der Waals surface area contributed by atoms with Crippen molar-refractivity contribution in [3.05, 3.63) is 39.1 Å². The zero-order valence-corrected chi connectivity index (χ0v) is 14.1. The number of benzene rings is 1. The average molecular weight is 441 g/mol. The van der Waals surface area contributed by atoms with Crippen LogP contribution >= 0.6 is 22.6 Å². The van der Waals surface area contributed by atoms with Crippen LogP contribution in [-0.2, 0) is 25.2 Å². The second kappa shape index (κ2) is 6.02. The highest BCUT2D eigenvalue weighted by Crippen LogP contribution is 2.34. The van der Waals surface area contributed by atoms with Crippen molar-refractivity contribution >= 4 is 40.2 Å². The van der Waals surface area contributed by atoms with Gasteiger partial charge in [-0.25, -0.2) is 9.59 Å². The molecule has 0 bridgehead atoms. The molecule has 0 spiro atoms. The van der Waals surface area contributed by atoms with E-state index < -0.39 is 29.5 Å². The van der Waals surface area contributed by atoms with Gasteiger partial charge in [0.15, 0.2) is 5.57 Å². The molecule has 1 saturated heterocycles. The quantitative estimate of drug-likeness (QED) is 0.330. The molecule has 1 aromatic carbocycles. The Bertz CT molecular complexity index is 676. The Morgan fingerprint density at radius 2 is 1.74 bits per heavy atom. The van der Waals surface area contributed by atoms with Gasteiger partial charge in [-0.15, -0.1) is 0 Å². The van der Waals surface area contributed by atoms with Gasteiger partial charge in [-0.05, 0) is 40.8 Å². The van der Waals surface area contributed by atoms with E-state index in [9.17, 15) is 22.8 Å². The molecule has 1 heterocycles. The molecule has 1 aliphatic heterocycles. The molecule has 1 aromatic rings. The molecule has 0 atom stereocenters. The first-order valence-electron chi connectivity index (χ1n) is 6.30. The van der Waals surface area contributed by atoms with Crippen molar-refractivity contribution in [1.29, 1.82) is 0 Å². The van der Waals surface area contributed by atoms with E-state index >= 15 is 0 Å². The fourth-order valence-corrected chi connectivity index (χ4v) is 2.59. The van der Waals surface area contributed by atoms with E-state index in [1.165, 1.54) is 26.0 Å². The third-order valence-corrected chi connectivity index (χ3v) is 3.67. The Morgan fingerprint density at radius 1 is 1.17 bits per heavy atom. The Balaban J connectivity index is 2.19. The van der Waals surface area contributed by atoms with Crippen LogP contribution in [0.1, 0.15) is 19.4 Å². The molecule has 1 aliphatic rings. The SMILES string of the molecule is CC1(C)OC(=O)C(=CNc2ccc(C(F)(F)F)c(I)c2)C(=O)O1. The summed E-state index contributed by atoms with van der Waals surface area (Å²) in [4.78, 5) is 23.4. The minimum Gasteiger partial charge on any atom is -0.419 e. The number of rotatable bonds is 2. The fourth-order valence-electron chi connectivity index (χ4n) is 1.77. The first-order valence-corrected chi connectivity index (χ1v) is 7.37. The van der Waals surface area contributed by atoms with Gasteiger partial charge in [0.1, 0.15) is 0 Å². The zero-order chi connectivity index (χ0) is 17.4. The number of carbonyl (C=O) groups excluding carboxylic acids is 2. The van der Waals surface area contributed by atoms with Crippen LogP contribution in [0.5, 0.6) is 0 Å². The minimum atomic E-state index is -4.45. The van der Waals surface area contributed by atoms with Crippen LogP contribution in [0.25, 0.3) is 0 Å². The number of anilines is 1. The average Bonchev–Trinajstić information content (AvgIpc) is 2.34. The van der Waals surface area contributed by atoms with E-state index in [1.54, 1.807) is 22.6 Å². The van der Waals surface area contributed by atoms with Crippen molar-refractivity contribution in [2.75, 3.05) is 5.32 Å². The second-order valence-corrected chi connectivity index (χ2v) is 6.24. The largest absolute Gasteiger partial charge is 0.419 e. The lowest BCUT2D eigenvalue weighted by atomic mass is 10.2. The van der Waals surface area contributed by atoms with E-state index in [1.807, 2.05) is 0 Å². The molecule has 0 aromatic heterocycles. The molecule has 1 N–H and O–H groups in total. The minimum absolute atomic E-state index is 0.0200. The number of alkyl halides is 3. The third-order valence-electron chi connectivity index (χ3n) is 2.77. The van der Waals surface area contributed by atoms with E-state index in [2.05, 4.69) is 5.32 Å². The molecule has 124 valence electrons. The zero-order valence-electron chi connectivity index (χ0n) is 12.0. The third kappa shape index (κ3) is 4.15. The Labute approximate surface area is 143 Å². The summed E-state index contributed by atoms with van der Waals surface area (Å²) in [5.41, 5.74) is -0.867. The normalized spacial score (nSPS) is 17.4. The number of hydrogen-bond donors (Lipinski definition) is 1. The van der Waals surface area contributed by atoms with Gasteiger partial charge in [-0.2, -0.15) is 13.2 Å². The van der Waals surface area contributed by atoms with E-state index in [0.717, 1.165) is 12.3 Å². The number of halogens is 4. The maximum atomic E-state index is 12.7. The summed E-state index contributed by atoms with van der Waals surface area (Å²) in [6.07, 6.45) is -3.41. The highest BCUT2D eigenvalue weighted by atomic mass is 127. The lowest BCUT2D eigenvalue weighted by molar-refractivity contribution is -0.222. The van der Waals surface area contributed by atoms with Crippen LogP contribution in [0.2, 0.25) is 0 Å². The van der Waals surface area contributed by atoms with E-state index in [0.29, 0.717) is 0 Å². The second-order valence-electron chi connectivity index (χ2n) is 5.07. The van der Waals surface area contributed by atoms with Crippen LogP contribution < -0.4 is 5.32 Å². The summed E-state index contributed by atoms with van der Waals surface area (Å²) >= 11 is 1.55. The van der Waals surface area contributed by atoms with Gasteiger partial charge in [0.05, 0.1) is 5.56 Å².